The normalized spacial score (nSPS) is 18.4. The first-order chi connectivity index (χ1) is 17.6. The van der Waals surface area contributed by atoms with Gasteiger partial charge in [-0.15, -0.1) is 0 Å². The van der Waals surface area contributed by atoms with Gasteiger partial charge in [-0.25, -0.2) is 16.8 Å². The van der Waals surface area contributed by atoms with E-state index >= 15 is 0 Å². The number of benzene rings is 2. The molecule has 4 rings (SSSR count). The summed E-state index contributed by atoms with van der Waals surface area (Å²) in [6, 6.07) is 10.6. The fourth-order valence-electron chi connectivity index (χ4n) is 4.11. The van der Waals surface area contributed by atoms with Crippen molar-refractivity contribution in [2.75, 3.05) is 71.5 Å². The number of nitrogens with one attached hydrogen (secondary N) is 1. The molecule has 0 radical (unpaired) electrons. The smallest absolute Gasteiger partial charge is 0.262 e. The number of hydrogen-bond donors (Lipinski definition) is 1. The highest BCUT2D eigenvalue weighted by Crippen LogP contribution is 2.25. The summed E-state index contributed by atoms with van der Waals surface area (Å²) in [4.78, 5) is 14.8. The number of sulfonamides is 2. The van der Waals surface area contributed by atoms with Crippen LogP contribution >= 0.6 is 0 Å². The molecule has 2 aromatic rings. The molecule has 2 fully saturated rings. The van der Waals surface area contributed by atoms with Crippen LogP contribution in [-0.4, -0.2) is 102 Å². The van der Waals surface area contributed by atoms with Gasteiger partial charge < -0.3 is 19.7 Å². The van der Waals surface area contributed by atoms with Crippen LogP contribution in [-0.2, 0) is 29.6 Å². The van der Waals surface area contributed by atoms with Crippen molar-refractivity contribution in [3.63, 3.8) is 0 Å². The molecule has 0 unspecified atom stereocenters. The predicted molar refractivity (Wildman–Crippen MR) is 138 cm³/mol. The lowest BCUT2D eigenvalue weighted by molar-refractivity contribution is -0.118. The monoisotopic (exact) mass is 552 g/mol. The summed E-state index contributed by atoms with van der Waals surface area (Å²) in [7, 11) is -5.26. The molecule has 0 aliphatic carbocycles. The molecule has 1 N–H and O–H groups in total. The van der Waals surface area contributed by atoms with Crippen molar-refractivity contribution in [3.8, 4) is 5.75 Å². The van der Waals surface area contributed by atoms with E-state index in [1.807, 2.05) is 7.05 Å². The molecular weight excluding hydrogens is 520 g/mol. The van der Waals surface area contributed by atoms with Gasteiger partial charge in [0.15, 0.2) is 6.61 Å². The zero-order valence-electron chi connectivity index (χ0n) is 20.9. The van der Waals surface area contributed by atoms with Gasteiger partial charge >= 0.3 is 0 Å². The molecule has 0 saturated carbocycles. The van der Waals surface area contributed by atoms with E-state index in [1.54, 1.807) is 6.92 Å². The Kier molecular flexibility index (Phi) is 8.51. The highest BCUT2D eigenvalue weighted by atomic mass is 32.2. The van der Waals surface area contributed by atoms with Crippen molar-refractivity contribution in [1.82, 2.24) is 13.5 Å². The third-order valence-electron chi connectivity index (χ3n) is 6.35. The Labute approximate surface area is 218 Å². The van der Waals surface area contributed by atoms with E-state index in [4.69, 9.17) is 9.47 Å². The van der Waals surface area contributed by atoms with Crippen molar-refractivity contribution >= 4 is 31.6 Å². The Balaban J connectivity index is 1.33. The number of amides is 1. The number of aryl methyl sites for hydroxylation is 1. The Morgan fingerprint density at radius 1 is 0.865 bits per heavy atom. The molecule has 202 valence electrons. The van der Waals surface area contributed by atoms with Crippen molar-refractivity contribution in [2.45, 2.75) is 16.7 Å². The van der Waals surface area contributed by atoms with Crippen molar-refractivity contribution in [2.24, 2.45) is 0 Å². The van der Waals surface area contributed by atoms with E-state index in [0.717, 1.165) is 0 Å². The number of carbonyl (C=O) groups is 1. The second-order valence-corrected chi connectivity index (χ2v) is 12.9. The second-order valence-electron chi connectivity index (χ2n) is 9.01. The molecule has 2 aliphatic heterocycles. The van der Waals surface area contributed by atoms with Crippen LogP contribution in [0, 0.1) is 6.92 Å². The first-order valence-electron chi connectivity index (χ1n) is 12.0. The minimum Gasteiger partial charge on any atom is -0.483 e. The Hall–Kier alpha value is -2.55. The number of nitrogens with zero attached hydrogens (tertiary/aromatic N) is 3. The van der Waals surface area contributed by atoms with Gasteiger partial charge in [0.25, 0.3) is 5.91 Å². The minimum absolute atomic E-state index is 0.162. The largest absolute Gasteiger partial charge is 0.483 e. The Morgan fingerprint density at radius 2 is 1.43 bits per heavy atom. The number of morpholine rings is 1. The molecule has 11 nitrogen and oxygen atoms in total. The highest BCUT2D eigenvalue weighted by molar-refractivity contribution is 7.89. The van der Waals surface area contributed by atoms with Gasteiger partial charge in [-0.3, -0.25) is 4.79 Å². The highest BCUT2D eigenvalue weighted by Gasteiger charge is 2.28. The Morgan fingerprint density at radius 3 is 2.05 bits per heavy atom. The molecule has 2 aromatic carbocycles. The number of anilines is 1. The second kappa shape index (κ2) is 11.5. The first-order valence-corrected chi connectivity index (χ1v) is 14.9. The van der Waals surface area contributed by atoms with E-state index in [-0.39, 0.29) is 16.4 Å². The molecular formula is C24H32N4O7S2. The third-order valence-corrected chi connectivity index (χ3v) is 10.2. The average Bonchev–Trinajstić information content (AvgIpc) is 2.89. The minimum atomic E-state index is -3.63. The SMILES string of the molecule is Cc1cc(S(=O)(=O)N2CCOCC2)ccc1OCC(=O)Nc1ccc(S(=O)(=O)N2CCN(C)CC2)cc1. The molecule has 1 amide bonds. The van der Waals surface area contributed by atoms with Crippen LogP contribution in [0.2, 0.25) is 0 Å². The summed E-state index contributed by atoms with van der Waals surface area (Å²) in [5.74, 6) is -0.0382. The van der Waals surface area contributed by atoms with Crippen LogP contribution in [0.3, 0.4) is 0 Å². The van der Waals surface area contributed by atoms with E-state index < -0.39 is 26.0 Å². The molecule has 0 aromatic heterocycles. The number of ether oxygens (including phenoxy) is 2. The summed E-state index contributed by atoms with van der Waals surface area (Å²) in [6.45, 7) is 5.00. The zero-order chi connectivity index (χ0) is 26.6. The molecule has 0 atom stereocenters. The number of carbonyl (C=O) groups excluding carboxylic acids is 1. The molecule has 2 aliphatic rings. The molecule has 37 heavy (non-hydrogen) atoms. The molecule has 2 heterocycles. The summed E-state index contributed by atoms with van der Waals surface area (Å²) in [5.41, 5.74) is 1.02. The van der Waals surface area contributed by atoms with Gasteiger partial charge in [0.1, 0.15) is 5.75 Å². The quantitative estimate of drug-likeness (QED) is 0.514. The van der Waals surface area contributed by atoms with Crippen LogP contribution < -0.4 is 10.1 Å². The summed E-state index contributed by atoms with van der Waals surface area (Å²) >= 11 is 0. The first kappa shape index (κ1) is 27.5. The maximum atomic E-state index is 12.8. The summed E-state index contributed by atoms with van der Waals surface area (Å²) in [6.07, 6.45) is 0. The predicted octanol–water partition coefficient (Wildman–Crippen LogP) is 0.970. The van der Waals surface area contributed by atoms with Crippen LogP contribution in [0.5, 0.6) is 5.75 Å². The topological polar surface area (TPSA) is 126 Å². The fraction of sp³-hybridized carbons (Fsp3) is 0.458. The van der Waals surface area contributed by atoms with Crippen molar-refractivity contribution in [1.29, 1.82) is 0 Å². The number of rotatable bonds is 8. The van der Waals surface area contributed by atoms with Gasteiger partial charge in [0.2, 0.25) is 20.0 Å². The van der Waals surface area contributed by atoms with Gasteiger partial charge in [-0.1, -0.05) is 0 Å². The lowest BCUT2D eigenvalue weighted by Crippen LogP contribution is -2.46. The lowest BCUT2D eigenvalue weighted by Gasteiger charge is -2.31. The maximum absolute atomic E-state index is 12.8. The Bertz CT molecular complexity index is 1320. The number of likely N-dealkylation sites (N-methyl/N-ethyl adjacent to an activating group) is 1. The molecule has 0 spiro atoms. The van der Waals surface area contributed by atoms with Crippen LogP contribution in [0.4, 0.5) is 5.69 Å². The molecule has 13 heteroatoms. The van der Waals surface area contributed by atoms with Crippen LogP contribution in [0.25, 0.3) is 0 Å². The van der Waals surface area contributed by atoms with Crippen molar-refractivity contribution < 1.29 is 31.1 Å². The van der Waals surface area contributed by atoms with E-state index in [2.05, 4.69) is 10.2 Å². The number of piperazine rings is 1. The maximum Gasteiger partial charge on any atom is 0.262 e. The van der Waals surface area contributed by atoms with Gasteiger partial charge in [-0.05, 0) is 62.0 Å². The lowest BCUT2D eigenvalue weighted by atomic mass is 10.2. The molecule has 0 bridgehead atoms. The summed E-state index contributed by atoms with van der Waals surface area (Å²) in [5, 5.41) is 2.68. The van der Waals surface area contributed by atoms with E-state index in [1.165, 1.54) is 51.1 Å². The molecule has 2 saturated heterocycles. The number of hydrogen-bond acceptors (Lipinski definition) is 8. The average molecular weight is 553 g/mol. The van der Waals surface area contributed by atoms with Crippen LogP contribution in [0.15, 0.2) is 52.3 Å². The standard InChI is InChI=1S/C24H32N4O7S2/c1-19-17-22(37(32,33)28-13-15-34-16-14-28)7-8-23(19)35-18-24(29)25-20-3-5-21(6-4-20)36(30,31)27-11-9-26(2)10-12-27/h3-8,17H,9-16,18H2,1-2H3,(H,25,29). The van der Waals surface area contributed by atoms with E-state index in [0.29, 0.717) is 69.5 Å². The van der Waals surface area contributed by atoms with Gasteiger partial charge in [-0.2, -0.15) is 8.61 Å². The van der Waals surface area contributed by atoms with Gasteiger partial charge in [0.05, 0.1) is 23.0 Å². The van der Waals surface area contributed by atoms with E-state index in [9.17, 15) is 21.6 Å². The zero-order valence-corrected chi connectivity index (χ0v) is 22.6. The van der Waals surface area contributed by atoms with Gasteiger partial charge in [0, 0.05) is 45.0 Å². The third kappa shape index (κ3) is 6.48. The summed E-state index contributed by atoms with van der Waals surface area (Å²) < 4.78 is 65.0. The fourth-order valence-corrected chi connectivity index (χ4v) is 7.02. The van der Waals surface area contributed by atoms with Crippen LogP contribution in [0.1, 0.15) is 5.56 Å². The van der Waals surface area contributed by atoms with Crippen molar-refractivity contribution in [3.05, 3.63) is 48.0 Å².